The monoisotopic (exact) mass is 308 g/mol. The topological polar surface area (TPSA) is 55.1 Å². The van der Waals surface area contributed by atoms with Crippen molar-refractivity contribution in [2.24, 2.45) is 0 Å². The molecule has 4 heteroatoms. The Morgan fingerprint density at radius 3 is 2.57 bits per heavy atom. The molecule has 0 spiro atoms. The van der Waals surface area contributed by atoms with E-state index in [2.05, 4.69) is 38.6 Å². The predicted octanol–water partition coefficient (Wildman–Crippen LogP) is 3.20. The Hall–Kier alpha value is -2.59. The van der Waals surface area contributed by atoms with Gasteiger partial charge in [0.25, 0.3) is 0 Å². The van der Waals surface area contributed by atoms with Crippen LogP contribution in [0.1, 0.15) is 15.9 Å². The summed E-state index contributed by atoms with van der Waals surface area (Å²) in [5.41, 5.74) is 10.8. The van der Waals surface area contributed by atoms with E-state index < -0.39 is 0 Å². The van der Waals surface area contributed by atoms with E-state index in [4.69, 9.17) is 5.73 Å². The molecule has 2 aromatic rings. The zero-order chi connectivity index (χ0) is 16.6. The second kappa shape index (κ2) is 5.56. The van der Waals surface area contributed by atoms with Gasteiger partial charge >= 0.3 is 0 Å². The van der Waals surface area contributed by atoms with Gasteiger partial charge in [0.15, 0.2) is 0 Å². The number of hydrogen-bond acceptors (Lipinski definition) is 3. The first-order chi connectivity index (χ1) is 10.9. The number of benzene rings is 2. The van der Waals surface area contributed by atoms with Crippen molar-refractivity contribution in [2.45, 2.75) is 6.42 Å². The minimum absolute atomic E-state index is 0.0417. The molecule has 0 amide bonds. The van der Waals surface area contributed by atoms with Gasteiger partial charge in [-0.25, -0.2) is 0 Å². The van der Waals surface area contributed by atoms with Crippen LogP contribution in [0.4, 0.5) is 17.1 Å². The Balaban J connectivity index is 1.89. The van der Waals surface area contributed by atoms with E-state index in [0.717, 1.165) is 15.7 Å². The lowest BCUT2D eigenvalue weighted by Crippen LogP contribution is -2.34. The van der Waals surface area contributed by atoms with E-state index in [-0.39, 0.29) is 5.78 Å². The van der Waals surface area contributed by atoms with Gasteiger partial charge in [-0.1, -0.05) is 24.3 Å². The number of rotatable bonds is 3. The quantitative estimate of drug-likeness (QED) is 0.676. The third kappa shape index (κ3) is 2.98. The maximum atomic E-state index is 12.7. The minimum Gasteiger partial charge on any atom is -0.398 e. The van der Waals surface area contributed by atoms with E-state index in [1.165, 1.54) is 5.69 Å². The molecule has 3 N–H and O–H groups in total. The van der Waals surface area contributed by atoms with Crippen LogP contribution in [0.3, 0.4) is 0 Å². The summed E-state index contributed by atoms with van der Waals surface area (Å²) in [6, 6.07) is 13.7. The summed E-state index contributed by atoms with van der Waals surface area (Å²) in [6.45, 7) is 0. The summed E-state index contributed by atoms with van der Waals surface area (Å²) in [5, 5.41) is 3.26. The Kier molecular flexibility index (Phi) is 3.70. The number of Topliss-reactive ketones (excluding diaryl/α,β-unsaturated/α-hetero) is 1. The van der Waals surface area contributed by atoms with Crippen molar-refractivity contribution in [1.82, 2.24) is 4.48 Å². The van der Waals surface area contributed by atoms with Crippen molar-refractivity contribution in [3.8, 4) is 0 Å². The van der Waals surface area contributed by atoms with Gasteiger partial charge in [-0.3, -0.25) is 9.28 Å². The molecule has 0 saturated heterocycles. The first-order valence-electron chi connectivity index (χ1n) is 7.67. The molecule has 0 aliphatic heterocycles. The van der Waals surface area contributed by atoms with E-state index in [1.807, 2.05) is 30.3 Å². The fourth-order valence-corrected chi connectivity index (χ4v) is 2.77. The molecule has 118 valence electrons. The third-order valence-electron chi connectivity index (χ3n) is 4.08. The second-order valence-corrected chi connectivity index (χ2v) is 6.72. The zero-order valence-electron chi connectivity index (χ0n) is 13.8. The third-order valence-corrected chi connectivity index (χ3v) is 4.08. The molecule has 0 bridgehead atoms. The fraction of sp³-hybridized carbons (Fsp3) is 0.211. The van der Waals surface area contributed by atoms with Crippen molar-refractivity contribution < 1.29 is 4.79 Å². The molecular formula is C19H22N3O+. The molecule has 0 unspecified atom stereocenters. The molecule has 1 aliphatic rings. The van der Waals surface area contributed by atoms with E-state index >= 15 is 0 Å². The molecule has 23 heavy (non-hydrogen) atoms. The highest BCUT2D eigenvalue weighted by atomic mass is 16.1. The molecule has 0 radical (unpaired) electrons. The molecule has 0 heterocycles. The molecule has 2 aromatic carbocycles. The van der Waals surface area contributed by atoms with Gasteiger partial charge in [0.05, 0.1) is 32.4 Å². The van der Waals surface area contributed by atoms with Crippen molar-refractivity contribution in [3.63, 3.8) is 0 Å². The van der Waals surface area contributed by atoms with Crippen LogP contribution in [0, 0.1) is 0 Å². The number of anilines is 2. The molecule has 0 saturated carbocycles. The summed E-state index contributed by atoms with van der Waals surface area (Å²) >= 11 is 0. The SMILES string of the molecule is C[N+](C)(C)c1cccc(NC2=CCc3cccc(N)c3C2=O)c1. The number of carbonyl (C=O) groups is 1. The molecule has 0 atom stereocenters. The second-order valence-electron chi connectivity index (χ2n) is 6.72. The van der Waals surface area contributed by atoms with Gasteiger partial charge in [-0.05, 0) is 30.2 Å². The Labute approximate surface area is 136 Å². The lowest BCUT2D eigenvalue weighted by Gasteiger charge is -2.24. The normalized spacial score (nSPS) is 14.2. The molecule has 0 aromatic heterocycles. The maximum absolute atomic E-state index is 12.7. The Bertz CT molecular complexity index is 801. The van der Waals surface area contributed by atoms with Crippen LogP contribution in [0.2, 0.25) is 0 Å². The molecule has 1 aliphatic carbocycles. The minimum atomic E-state index is -0.0417. The van der Waals surface area contributed by atoms with Crippen molar-refractivity contribution in [2.75, 3.05) is 32.2 Å². The predicted molar refractivity (Wildman–Crippen MR) is 96.6 cm³/mol. The van der Waals surface area contributed by atoms with E-state index in [9.17, 15) is 4.79 Å². The van der Waals surface area contributed by atoms with Crippen molar-refractivity contribution >= 4 is 22.8 Å². The van der Waals surface area contributed by atoms with Gasteiger partial charge in [0.2, 0.25) is 5.78 Å². The van der Waals surface area contributed by atoms with Gasteiger partial charge in [-0.2, -0.15) is 0 Å². The number of fused-ring (bicyclic) bond motifs is 1. The number of allylic oxidation sites excluding steroid dienone is 2. The van der Waals surface area contributed by atoms with Crippen LogP contribution >= 0.6 is 0 Å². The first-order valence-corrected chi connectivity index (χ1v) is 7.67. The van der Waals surface area contributed by atoms with E-state index in [0.29, 0.717) is 23.4 Å². The fourth-order valence-electron chi connectivity index (χ4n) is 2.77. The van der Waals surface area contributed by atoms with E-state index in [1.54, 1.807) is 6.07 Å². The highest BCUT2D eigenvalue weighted by molar-refractivity contribution is 6.15. The van der Waals surface area contributed by atoms with Crippen LogP contribution in [-0.4, -0.2) is 26.9 Å². The van der Waals surface area contributed by atoms with Crippen LogP contribution in [0.25, 0.3) is 0 Å². The summed E-state index contributed by atoms with van der Waals surface area (Å²) in [6.07, 6.45) is 2.65. The summed E-state index contributed by atoms with van der Waals surface area (Å²) < 4.78 is 0.721. The first kappa shape index (κ1) is 15.3. The molecular weight excluding hydrogens is 286 g/mol. The van der Waals surface area contributed by atoms with Gasteiger partial charge in [0.1, 0.15) is 5.69 Å². The number of nitrogens with zero attached hydrogens (tertiary/aromatic N) is 1. The van der Waals surface area contributed by atoms with Crippen LogP contribution in [0.15, 0.2) is 54.2 Å². The summed E-state index contributed by atoms with van der Waals surface area (Å²) in [7, 11) is 6.34. The zero-order valence-corrected chi connectivity index (χ0v) is 13.8. The number of hydrogen-bond donors (Lipinski definition) is 2. The van der Waals surface area contributed by atoms with Crippen LogP contribution in [0.5, 0.6) is 0 Å². The average Bonchev–Trinajstić information content (AvgIpc) is 2.50. The Morgan fingerprint density at radius 2 is 1.83 bits per heavy atom. The van der Waals surface area contributed by atoms with Gasteiger partial charge in [0, 0.05) is 17.4 Å². The maximum Gasteiger partial charge on any atom is 0.211 e. The number of nitrogen functional groups attached to an aromatic ring is 1. The highest BCUT2D eigenvalue weighted by Gasteiger charge is 2.23. The molecule has 0 fully saturated rings. The smallest absolute Gasteiger partial charge is 0.211 e. The molecule has 3 rings (SSSR count). The number of carbonyl (C=O) groups excluding carboxylic acids is 1. The number of quaternary nitrogens is 1. The van der Waals surface area contributed by atoms with Crippen molar-refractivity contribution in [3.05, 3.63) is 65.4 Å². The highest BCUT2D eigenvalue weighted by Crippen LogP contribution is 2.28. The van der Waals surface area contributed by atoms with Crippen LogP contribution in [-0.2, 0) is 6.42 Å². The number of nitrogens with two attached hydrogens (primary N) is 1. The number of ketones is 1. The Morgan fingerprint density at radius 1 is 1.09 bits per heavy atom. The van der Waals surface area contributed by atoms with Gasteiger partial charge in [-0.15, -0.1) is 0 Å². The van der Waals surface area contributed by atoms with Gasteiger partial charge < -0.3 is 11.1 Å². The molecule has 4 nitrogen and oxygen atoms in total. The number of nitrogens with one attached hydrogen (secondary N) is 1. The summed E-state index contributed by atoms with van der Waals surface area (Å²) in [4.78, 5) is 12.7. The lowest BCUT2D eigenvalue weighted by molar-refractivity contribution is 0.103. The summed E-state index contributed by atoms with van der Waals surface area (Å²) in [5.74, 6) is -0.0417. The lowest BCUT2D eigenvalue weighted by atomic mass is 9.92. The largest absolute Gasteiger partial charge is 0.398 e. The standard InChI is InChI=1S/C19H21N3O/c1-22(2,3)15-8-5-7-14(12-15)21-17-11-10-13-6-4-9-16(20)18(13)19(17)23/h4-9,11-12,21H,10H2,1-3H3,(H-,20,23)/p+1. The van der Waals surface area contributed by atoms with Crippen LogP contribution < -0.4 is 15.5 Å². The average molecular weight is 308 g/mol. The van der Waals surface area contributed by atoms with Crippen molar-refractivity contribution in [1.29, 1.82) is 0 Å².